The average molecular weight is 237 g/mol. The standard InChI is InChI=1S/C14H23NO2/c1-9(14(16)17)13-7-15(8-13)6-12-5-10-2-3-11(12)4-10/h9-13H,2-8H2,1H3,(H,16,17). The van der Waals surface area contributed by atoms with Crippen molar-refractivity contribution >= 4 is 5.97 Å². The van der Waals surface area contributed by atoms with E-state index >= 15 is 0 Å². The molecule has 0 aromatic carbocycles. The molecular weight excluding hydrogens is 214 g/mol. The summed E-state index contributed by atoms with van der Waals surface area (Å²) in [5.41, 5.74) is 0. The maximum Gasteiger partial charge on any atom is 0.306 e. The van der Waals surface area contributed by atoms with Crippen molar-refractivity contribution in [3.63, 3.8) is 0 Å². The largest absolute Gasteiger partial charge is 0.481 e. The van der Waals surface area contributed by atoms with Gasteiger partial charge in [-0.3, -0.25) is 4.79 Å². The Kier molecular flexibility index (Phi) is 2.89. The van der Waals surface area contributed by atoms with Crippen LogP contribution in [0.2, 0.25) is 0 Å². The number of carboxylic acid groups (broad SMARTS) is 1. The first-order valence-electron chi connectivity index (χ1n) is 7.08. The Balaban J connectivity index is 1.43. The molecule has 0 aromatic heterocycles. The molecule has 3 aliphatic rings. The smallest absolute Gasteiger partial charge is 0.306 e. The van der Waals surface area contributed by atoms with Gasteiger partial charge in [-0.05, 0) is 42.9 Å². The van der Waals surface area contributed by atoms with Gasteiger partial charge in [0, 0.05) is 19.6 Å². The van der Waals surface area contributed by atoms with Crippen LogP contribution in [0.15, 0.2) is 0 Å². The van der Waals surface area contributed by atoms with Crippen molar-refractivity contribution in [1.82, 2.24) is 4.90 Å². The third kappa shape index (κ3) is 2.10. The molecule has 3 heteroatoms. The first-order valence-corrected chi connectivity index (χ1v) is 7.08. The first kappa shape index (κ1) is 11.5. The Bertz CT molecular complexity index is 311. The molecule has 4 atom stereocenters. The van der Waals surface area contributed by atoms with Crippen molar-refractivity contribution in [2.45, 2.75) is 32.6 Å². The van der Waals surface area contributed by atoms with E-state index in [1.165, 1.54) is 32.2 Å². The summed E-state index contributed by atoms with van der Waals surface area (Å²) in [5.74, 6) is 2.55. The molecule has 4 unspecified atom stereocenters. The molecule has 2 bridgehead atoms. The summed E-state index contributed by atoms with van der Waals surface area (Å²) in [6, 6.07) is 0. The zero-order valence-electron chi connectivity index (χ0n) is 10.6. The van der Waals surface area contributed by atoms with Crippen molar-refractivity contribution in [3.8, 4) is 0 Å². The van der Waals surface area contributed by atoms with Crippen LogP contribution in [0.25, 0.3) is 0 Å². The van der Waals surface area contributed by atoms with E-state index in [2.05, 4.69) is 4.90 Å². The normalized spacial score (nSPS) is 39.2. The molecule has 1 saturated heterocycles. The fraction of sp³-hybridized carbons (Fsp3) is 0.929. The second-order valence-electron chi connectivity index (χ2n) is 6.54. The molecule has 1 N–H and O–H groups in total. The number of rotatable bonds is 4. The fourth-order valence-corrected chi connectivity index (χ4v) is 4.21. The van der Waals surface area contributed by atoms with Crippen LogP contribution < -0.4 is 0 Å². The Morgan fingerprint density at radius 3 is 2.65 bits per heavy atom. The monoisotopic (exact) mass is 237 g/mol. The second kappa shape index (κ2) is 4.27. The van der Waals surface area contributed by atoms with Gasteiger partial charge in [-0.2, -0.15) is 0 Å². The molecule has 3 fully saturated rings. The quantitative estimate of drug-likeness (QED) is 0.813. The van der Waals surface area contributed by atoms with Crippen LogP contribution >= 0.6 is 0 Å². The van der Waals surface area contributed by atoms with Crippen molar-refractivity contribution < 1.29 is 9.90 Å². The number of carbonyl (C=O) groups is 1. The predicted octanol–water partition coefficient (Wildman–Crippen LogP) is 2.08. The molecule has 3 rings (SSSR count). The van der Waals surface area contributed by atoms with Gasteiger partial charge in [-0.15, -0.1) is 0 Å². The minimum absolute atomic E-state index is 0.161. The summed E-state index contributed by atoms with van der Waals surface area (Å²) in [5, 5.41) is 8.96. The van der Waals surface area contributed by atoms with E-state index in [4.69, 9.17) is 5.11 Å². The fourth-order valence-electron chi connectivity index (χ4n) is 4.21. The predicted molar refractivity (Wildman–Crippen MR) is 65.7 cm³/mol. The minimum Gasteiger partial charge on any atom is -0.481 e. The maximum absolute atomic E-state index is 10.9. The maximum atomic E-state index is 10.9. The highest BCUT2D eigenvalue weighted by Crippen LogP contribution is 2.48. The van der Waals surface area contributed by atoms with Gasteiger partial charge in [0.2, 0.25) is 0 Å². The van der Waals surface area contributed by atoms with Gasteiger partial charge in [0.25, 0.3) is 0 Å². The number of fused-ring (bicyclic) bond motifs is 2. The van der Waals surface area contributed by atoms with Crippen LogP contribution in [0, 0.1) is 29.6 Å². The highest BCUT2D eigenvalue weighted by molar-refractivity contribution is 5.70. The molecule has 0 amide bonds. The molecule has 1 heterocycles. The van der Waals surface area contributed by atoms with E-state index < -0.39 is 5.97 Å². The molecular formula is C14H23NO2. The van der Waals surface area contributed by atoms with E-state index in [9.17, 15) is 4.79 Å². The van der Waals surface area contributed by atoms with E-state index in [1.807, 2.05) is 6.92 Å². The molecule has 0 spiro atoms. The Labute approximate surface area is 103 Å². The lowest BCUT2D eigenvalue weighted by molar-refractivity contribution is -0.145. The first-order chi connectivity index (χ1) is 8.13. The Morgan fingerprint density at radius 2 is 2.12 bits per heavy atom. The summed E-state index contributed by atoms with van der Waals surface area (Å²) < 4.78 is 0. The van der Waals surface area contributed by atoms with Crippen molar-refractivity contribution in [1.29, 1.82) is 0 Å². The average Bonchev–Trinajstić information content (AvgIpc) is 2.83. The van der Waals surface area contributed by atoms with Gasteiger partial charge in [-0.25, -0.2) is 0 Å². The Morgan fingerprint density at radius 1 is 1.35 bits per heavy atom. The van der Waals surface area contributed by atoms with Gasteiger partial charge in [-0.1, -0.05) is 13.3 Å². The molecule has 96 valence electrons. The van der Waals surface area contributed by atoms with Crippen molar-refractivity contribution in [2.75, 3.05) is 19.6 Å². The van der Waals surface area contributed by atoms with Gasteiger partial charge in [0.1, 0.15) is 0 Å². The number of aliphatic carboxylic acids is 1. The summed E-state index contributed by atoms with van der Waals surface area (Å²) in [4.78, 5) is 13.4. The number of carboxylic acids is 1. The van der Waals surface area contributed by atoms with E-state index in [-0.39, 0.29) is 5.92 Å². The lowest BCUT2D eigenvalue weighted by Gasteiger charge is -2.43. The topological polar surface area (TPSA) is 40.5 Å². The minimum atomic E-state index is -0.630. The summed E-state index contributed by atoms with van der Waals surface area (Å²) in [6.07, 6.45) is 5.85. The van der Waals surface area contributed by atoms with Crippen LogP contribution in [0.1, 0.15) is 32.6 Å². The molecule has 0 radical (unpaired) electrons. The lowest BCUT2D eigenvalue weighted by Crippen LogP contribution is -2.52. The molecule has 1 aliphatic heterocycles. The van der Waals surface area contributed by atoms with Gasteiger partial charge in [0.15, 0.2) is 0 Å². The molecule has 2 saturated carbocycles. The summed E-state index contributed by atoms with van der Waals surface area (Å²) >= 11 is 0. The molecule has 17 heavy (non-hydrogen) atoms. The SMILES string of the molecule is CC(C(=O)O)C1CN(CC2CC3CCC2C3)C1. The van der Waals surface area contributed by atoms with Crippen LogP contribution in [0.4, 0.5) is 0 Å². The third-order valence-electron chi connectivity index (χ3n) is 5.46. The van der Waals surface area contributed by atoms with E-state index in [0.717, 1.165) is 30.8 Å². The molecule has 3 nitrogen and oxygen atoms in total. The number of likely N-dealkylation sites (tertiary alicyclic amines) is 1. The van der Waals surface area contributed by atoms with Gasteiger partial charge >= 0.3 is 5.97 Å². The second-order valence-corrected chi connectivity index (χ2v) is 6.54. The zero-order valence-corrected chi connectivity index (χ0v) is 10.6. The molecule has 2 aliphatic carbocycles. The number of hydrogen-bond donors (Lipinski definition) is 1. The van der Waals surface area contributed by atoms with Crippen LogP contribution in [-0.4, -0.2) is 35.6 Å². The van der Waals surface area contributed by atoms with E-state index in [0.29, 0.717) is 5.92 Å². The summed E-state index contributed by atoms with van der Waals surface area (Å²) in [7, 11) is 0. The number of hydrogen-bond acceptors (Lipinski definition) is 2. The third-order valence-corrected chi connectivity index (χ3v) is 5.46. The van der Waals surface area contributed by atoms with Gasteiger partial charge < -0.3 is 10.0 Å². The van der Waals surface area contributed by atoms with Crippen LogP contribution in [-0.2, 0) is 4.79 Å². The van der Waals surface area contributed by atoms with Gasteiger partial charge in [0.05, 0.1) is 5.92 Å². The highest BCUT2D eigenvalue weighted by Gasteiger charge is 2.42. The number of nitrogens with zero attached hydrogens (tertiary/aromatic N) is 1. The molecule has 0 aromatic rings. The highest BCUT2D eigenvalue weighted by atomic mass is 16.4. The lowest BCUT2D eigenvalue weighted by atomic mass is 9.83. The zero-order chi connectivity index (χ0) is 12.0. The van der Waals surface area contributed by atoms with Crippen molar-refractivity contribution in [2.24, 2.45) is 29.6 Å². The van der Waals surface area contributed by atoms with Crippen LogP contribution in [0.3, 0.4) is 0 Å². The van der Waals surface area contributed by atoms with E-state index in [1.54, 1.807) is 0 Å². The Hall–Kier alpha value is -0.570. The van der Waals surface area contributed by atoms with Crippen LogP contribution in [0.5, 0.6) is 0 Å². The van der Waals surface area contributed by atoms with Crippen molar-refractivity contribution in [3.05, 3.63) is 0 Å². The summed E-state index contributed by atoms with van der Waals surface area (Å²) in [6.45, 7) is 5.12.